The Morgan fingerprint density at radius 3 is 2.74 bits per heavy atom. The Hall–Kier alpha value is -3.85. The lowest BCUT2D eigenvalue weighted by molar-refractivity contribution is 0.102. The first-order valence-corrected chi connectivity index (χ1v) is 10.0. The molecule has 9 nitrogen and oxygen atoms in total. The van der Waals surface area contributed by atoms with E-state index in [1.54, 1.807) is 24.8 Å². The van der Waals surface area contributed by atoms with Crippen molar-refractivity contribution in [3.8, 4) is 11.4 Å². The van der Waals surface area contributed by atoms with Crippen LogP contribution >= 0.6 is 0 Å². The molecule has 0 atom stereocenters. The predicted octanol–water partition coefficient (Wildman–Crippen LogP) is 2.81. The summed E-state index contributed by atoms with van der Waals surface area (Å²) in [5.74, 6) is 0.625. The molecule has 0 spiro atoms. The third kappa shape index (κ3) is 3.95. The summed E-state index contributed by atoms with van der Waals surface area (Å²) in [4.78, 5) is 35.4. The molecular formula is C22H21N7O2. The molecule has 0 aromatic carbocycles. The molecule has 5 heterocycles. The van der Waals surface area contributed by atoms with Crippen LogP contribution in [0.25, 0.3) is 22.4 Å². The molecule has 4 aromatic heterocycles. The molecule has 2 N–H and O–H groups in total. The number of nitrogens with zero attached hydrogens (tertiary/aromatic N) is 5. The highest BCUT2D eigenvalue weighted by Crippen LogP contribution is 2.28. The van der Waals surface area contributed by atoms with Crippen molar-refractivity contribution in [3.05, 3.63) is 60.3 Å². The van der Waals surface area contributed by atoms with E-state index in [2.05, 4.69) is 35.1 Å². The minimum atomic E-state index is -0.269. The number of ether oxygens (including phenoxy) is 1. The number of aryl methyl sites for hydroxylation is 1. The summed E-state index contributed by atoms with van der Waals surface area (Å²) in [5.41, 5.74) is 4.29. The van der Waals surface area contributed by atoms with Crippen molar-refractivity contribution in [1.29, 1.82) is 0 Å². The van der Waals surface area contributed by atoms with Crippen LogP contribution in [0.2, 0.25) is 0 Å². The van der Waals surface area contributed by atoms with Gasteiger partial charge in [-0.2, -0.15) is 0 Å². The van der Waals surface area contributed by atoms with Crippen molar-refractivity contribution >= 4 is 28.4 Å². The Kier molecular flexibility index (Phi) is 5.01. The number of hydrogen-bond acceptors (Lipinski definition) is 7. The van der Waals surface area contributed by atoms with Crippen LogP contribution in [0.1, 0.15) is 16.1 Å². The van der Waals surface area contributed by atoms with E-state index < -0.39 is 0 Å². The Labute approximate surface area is 178 Å². The van der Waals surface area contributed by atoms with Gasteiger partial charge in [0.05, 0.1) is 41.9 Å². The lowest BCUT2D eigenvalue weighted by Gasteiger charge is -2.27. The number of pyridine rings is 2. The zero-order valence-corrected chi connectivity index (χ0v) is 17.0. The van der Waals surface area contributed by atoms with E-state index in [4.69, 9.17) is 4.74 Å². The monoisotopic (exact) mass is 415 g/mol. The fraction of sp³-hybridized carbons (Fsp3) is 0.227. The maximum atomic E-state index is 12.4. The normalized spacial score (nSPS) is 14.0. The SMILES string of the molecule is Cc1ccnc(C(=O)Nc2ccc(-c3cc4c(N5CCOCC5)ncnc4[nH]3)nc2)c1. The van der Waals surface area contributed by atoms with Crippen LogP contribution in [0.5, 0.6) is 0 Å². The van der Waals surface area contributed by atoms with Crippen LogP contribution < -0.4 is 10.2 Å². The van der Waals surface area contributed by atoms with Crippen LogP contribution in [0, 0.1) is 6.92 Å². The van der Waals surface area contributed by atoms with Crippen LogP contribution in [-0.4, -0.2) is 57.1 Å². The zero-order chi connectivity index (χ0) is 21.2. The number of nitrogens with one attached hydrogen (secondary N) is 2. The highest BCUT2D eigenvalue weighted by atomic mass is 16.5. The molecule has 1 amide bonds. The third-order valence-electron chi connectivity index (χ3n) is 5.16. The molecule has 0 radical (unpaired) electrons. The number of carbonyl (C=O) groups is 1. The molecule has 1 saturated heterocycles. The van der Waals surface area contributed by atoms with Gasteiger partial charge in [-0.05, 0) is 42.8 Å². The topological polar surface area (TPSA) is 109 Å². The first-order valence-electron chi connectivity index (χ1n) is 10.0. The molecule has 1 aliphatic rings. The second kappa shape index (κ2) is 8.11. The molecule has 0 saturated carbocycles. The van der Waals surface area contributed by atoms with E-state index >= 15 is 0 Å². The molecular weight excluding hydrogens is 394 g/mol. The summed E-state index contributed by atoms with van der Waals surface area (Å²) in [5, 5.41) is 3.78. The maximum Gasteiger partial charge on any atom is 0.274 e. The number of aromatic nitrogens is 5. The van der Waals surface area contributed by atoms with Crippen molar-refractivity contribution in [2.75, 3.05) is 36.5 Å². The zero-order valence-electron chi connectivity index (χ0n) is 17.0. The molecule has 156 valence electrons. The number of H-pyrrole nitrogens is 1. The first-order chi connectivity index (χ1) is 15.2. The number of anilines is 2. The number of amides is 1. The molecule has 1 fully saturated rings. The molecule has 5 rings (SSSR count). The minimum Gasteiger partial charge on any atom is -0.378 e. The second-order valence-corrected chi connectivity index (χ2v) is 7.35. The first kappa shape index (κ1) is 19.1. The summed E-state index contributed by atoms with van der Waals surface area (Å²) in [7, 11) is 0. The number of fused-ring (bicyclic) bond motifs is 1. The van der Waals surface area contributed by atoms with Crippen molar-refractivity contribution < 1.29 is 9.53 Å². The van der Waals surface area contributed by atoms with Crippen LogP contribution in [0.3, 0.4) is 0 Å². The van der Waals surface area contributed by atoms with Gasteiger partial charge in [0.2, 0.25) is 0 Å². The largest absolute Gasteiger partial charge is 0.378 e. The smallest absolute Gasteiger partial charge is 0.274 e. The van der Waals surface area contributed by atoms with Crippen LogP contribution in [0.15, 0.2) is 49.1 Å². The molecule has 1 aliphatic heterocycles. The molecule has 0 bridgehead atoms. The Bertz CT molecular complexity index is 1230. The Morgan fingerprint density at radius 1 is 1.10 bits per heavy atom. The highest BCUT2D eigenvalue weighted by molar-refractivity contribution is 6.03. The number of carbonyl (C=O) groups excluding carboxylic acids is 1. The maximum absolute atomic E-state index is 12.4. The number of rotatable bonds is 4. The Balaban J connectivity index is 1.37. The van der Waals surface area contributed by atoms with Crippen LogP contribution in [-0.2, 0) is 4.74 Å². The van der Waals surface area contributed by atoms with E-state index in [9.17, 15) is 4.79 Å². The van der Waals surface area contributed by atoms with E-state index in [-0.39, 0.29) is 5.91 Å². The van der Waals surface area contributed by atoms with Gasteiger partial charge in [-0.1, -0.05) is 0 Å². The summed E-state index contributed by atoms with van der Waals surface area (Å²) >= 11 is 0. The van der Waals surface area contributed by atoms with E-state index in [1.165, 1.54) is 0 Å². The number of morpholine rings is 1. The van der Waals surface area contributed by atoms with Gasteiger partial charge in [0.15, 0.2) is 0 Å². The Morgan fingerprint density at radius 2 is 1.97 bits per heavy atom. The molecule has 9 heteroatoms. The average molecular weight is 415 g/mol. The third-order valence-corrected chi connectivity index (χ3v) is 5.16. The minimum absolute atomic E-state index is 0.269. The molecule has 0 aliphatic carbocycles. The standard InChI is InChI=1S/C22H21N7O2/c1-14-4-5-23-19(10-14)22(30)27-15-2-3-17(24-12-15)18-11-16-20(28-18)25-13-26-21(16)29-6-8-31-9-7-29/h2-5,10-13H,6-9H2,1H3,(H,27,30)(H,25,26,28). The number of hydrogen-bond donors (Lipinski definition) is 2. The summed E-state index contributed by atoms with van der Waals surface area (Å²) in [6.07, 6.45) is 4.82. The van der Waals surface area contributed by atoms with Gasteiger partial charge in [-0.25, -0.2) is 9.97 Å². The van der Waals surface area contributed by atoms with Crippen molar-refractivity contribution in [3.63, 3.8) is 0 Å². The fourth-order valence-electron chi connectivity index (χ4n) is 3.57. The molecule has 4 aromatic rings. The van der Waals surface area contributed by atoms with E-state index in [0.29, 0.717) is 24.6 Å². The number of aromatic amines is 1. The van der Waals surface area contributed by atoms with Gasteiger partial charge in [-0.3, -0.25) is 14.8 Å². The van der Waals surface area contributed by atoms with Gasteiger partial charge < -0.3 is 19.9 Å². The summed E-state index contributed by atoms with van der Waals surface area (Å²) < 4.78 is 5.44. The predicted molar refractivity (Wildman–Crippen MR) is 117 cm³/mol. The summed E-state index contributed by atoms with van der Waals surface area (Å²) in [6, 6.07) is 9.27. The second-order valence-electron chi connectivity index (χ2n) is 7.35. The fourth-order valence-corrected chi connectivity index (χ4v) is 3.57. The van der Waals surface area contributed by atoms with Gasteiger partial charge in [-0.15, -0.1) is 0 Å². The highest BCUT2D eigenvalue weighted by Gasteiger charge is 2.18. The van der Waals surface area contributed by atoms with E-state index in [1.807, 2.05) is 31.2 Å². The quantitative estimate of drug-likeness (QED) is 0.527. The lowest BCUT2D eigenvalue weighted by atomic mass is 10.2. The summed E-state index contributed by atoms with van der Waals surface area (Å²) in [6.45, 7) is 4.90. The van der Waals surface area contributed by atoms with Gasteiger partial charge in [0.25, 0.3) is 5.91 Å². The van der Waals surface area contributed by atoms with Crippen LogP contribution in [0.4, 0.5) is 11.5 Å². The van der Waals surface area contributed by atoms with Gasteiger partial charge in [0, 0.05) is 19.3 Å². The van der Waals surface area contributed by atoms with Crippen molar-refractivity contribution in [2.45, 2.75) is 6.92 Å². The lowest BCUT2D eigenvalue weighted by Crippen LogP contribution is -2.36. The van der Waals surface area contributed by atoms with E-state index in [0.717, 1.165) is 46.9 Å². The molecule has 0 unspecified atom stereocenters. The van der Waals surface area contributed by atoms with Crippen molar-refractivity contribution in [2.24, 2.45) is 0 Å². The van der Waals surface area contributed by atoms with Crippen molar-refractivity contribution in [1.82, 2.24) is 24.9 Å². The van der Waals surface area contributed by atoms with Gasteiger partial charge in [0.1, 0.15) is 23.5 Å². The molecule has 31 heavy (non-hydrogen) atoms. The van der Waals surface area contributed by atoms with Gasteiger partial charge >= 0.3 is 0 Å². The average Bonchev–Trinajstić information content (AvgIpc) is 3.24.